The summed E-state index contributed by atoms with van der Waals surface area (Å²) in [5.74, 6) is 0. The van der Waals surface area contributed by atoms with E-state index < -0.39 is 0 Å². The molecule has 0 aliphatic heterocycles. The predicted molar refractivity (Wildman–Crippen MR) is 71.3 cm³/mol. The number of rotatable bonds is 4. The summed E-state index contributed by atoms with van der Waals surface area (Å²) in [6.45, 7) is 0. The van der Waals surface area contributed by atoms with Crippen molar-refractivity contribution in [3.05, 3.63) is 70.7 Å². The summed E-state index contributed by atoms with van der Waals surface area (Å²) >= 11 is 5.99. The molecule has 0 bridgehead atoms. The highest BCUT2D eigenvalue weighted by Gasteiger charge is 2.11. The van der Waals surface area contributed by atoms with Gasteiger partial charge in [-0.15, -0.1) is 0 Å². The second-order valence-corrected chi connectivity index (χ2v) is 4.41. The van der Waals surface area contributed by atoms with Crippen LogP contribution in [0.4, 0.5) is 0 Å². The van der Waals surface area contributed by atoms with Gasteiger partial charge in [-0.2, -0.15) is 0 Å². The van der Waals surface area contributed by atoms with Crippen LogP contribution in [-0.4, -0.2) is 7.11 Å². The topological polar surface area (TPSA) is 9.23 Å². The molecule has 0 saturated carbocycles. The molecule has 0 aromatic heterocycles. The molecule has 2 aromatic carbocycles. The average molecular weight is 247 g/mol. The summed E-state index contributed by atoms with van der Waals surface area (Å²) in [6, 6.07) is 18.1. The van der Waals surface area contributed by atoms with Gasteiger partial charge in [-0.1, -0.05) is 54.1 Å². The number of halogens is 1. The average Bonchev–Trinajstić information content (AvgIpc) is 2.37. The van der Waals surface area contributed by atoms with E-state index in [0.717, 1.165) is 17.0 Å². The van der Waals surface area contributed by atoms with E-state index in [1.165, 1.54) is 5.56 Å². The lowest BCUT2D eigenvalue weighted by Gasteiger charge is -2.16. The smallest absolute Gasteiger partial charge is 0.0861 e. The Morgan fingerprint density at radius 2 is 1.82 bits per heavy atom. The van der Waals surface area contributed by atoms with Gasteiger partial charge in [0.05, 0.1) is 6.10 Å². The van der Waals surface area contributed by atoms with Crippen LogP contribution in [0, 0.1) is 0 Å². The van der Waals surface area contributed by atoms with Crippen LogP contribution < -0.4 is 0 Å². The van der Waals surface area contributed by atoms with Crippen molar-refractivity contribution >= 4 is 11.6 Å². The van der Waals surface area contributed by atoms with Gasteiger partial charge in [0.2, 0.25) is 0 Å². The highest BCUT2D eigenvalue weighted by atomic mass is 35.5. The van der Waals surface area contributed by atoms with Crippen LogP contribution in [0.2, 0.25) is 5.02 Å². The maximum Gasteiger partial charge on any atom is 0.0861 e. The van der Waals surface area contributed by atoms with Crippen molar-refractivity contribution in [3.8, 4) is 0 Å². The molecule has 0 N–H and O–H groups in total. The van der Waals surface area contributed by atoms with Crippen LogP contribution in [-0.2, 0) is 11.2 Å². The summed E-state index contributed by atoms with van der Waals surface area (Å²) in [7, 11) is 1.73. The Morgan fingerprint density at radius 1 is 1.06 bits per heavy atom. The van der Waals surface area contributed by atoms with Gasteiger partial charge in [-0.05, 0) is 23.3 Å². The Morgan fingerprint density at radius 3 is 2.47 bits per heavy atom. The number of benzene rings is 2. The highest BCUT2D eigenvalue weighted by molar-refractivity contribution is 6.30. The Labute approximate surface area is 107 Å². The molecule has 0 amide bonds. The molecule has 1 atom stereocenters. The standard InChI is InChI=1S/C15H15ClO/c1-17-15(10-12-6-3-2-4-7-12)13-8-5-9-14(16)11-13/h2-9,11,15H,10H2,1H3. The maximum atomic E-state index is 5.99. The molecular weight excluding hydrogens is 232 g/mol. The first-order chi connectivity index (χ1) is 8.29. The fourth-order valence-corrected chi connectivity index (χ4v) is 2.07. The zero-order valence-electron chi connectivity index (χ0n) is 9.77. The molecule has 2 aromatic rings. The van der Waals surface area contributed by atoms with Crippen molar-refractivity contribution < 1.29 is 4.74 Å². The fourth-order valence-electron chi connectivity index (χ4n) is 1.87. The minimum atomic E-state index is 0.0519. The van der Waals surface area contributed by atoms with Gasteiger partial charge in [0, 0.05) is 18.6 Å². The number of hydrogen-bond acceptors (Lipinski definition) is 1. The molecule has 17 heavy (non-hydrogen) atoms. The third-order valence-corrected chi connectivity index (χ3v) is 3.00. The lowest BCUT2D eigenvalue weighted by atomic mass is 10.0. The van der Waals surface area contributed by atoms with Crippen molar-refractivity contribution in [3.63, 3.8) is 0 Å². The van der Waals surface area contributed by atoms with Gasteiger partial charge < -0.3 is 4.74 Å². The quantitative estimate of drug-likeness (QED) is 0.783. The molecule has 2 rings (SSSR count). The molecule has 0 radical (unpaired) electrons. The molecule has 1 nitrogen and oxygen atoms in total. The van der Waals surface area contributed by atoms with E-state index in [0.29, 0.717) is 0 Å². The first-order valence-corrected chi connectivity index (χ1v) is 5.99. The molecule has 0 aliphatic carbocycles. The van der Waals surface area contributed by atoms with E-state index in [4.69, 9.17) is 16.3 Å². The lowest BCUT2D eigenvalue weighted by Crippen LogP contribution is -2.05. The third-order valence-electron chi connectivity index (χ3n) is 2.77. The normalized spacial score (nSPS) is 12.4. The van der Waals surface area contributed by atoms with Crippen molar-refractivity contribution in [2.24, 2.45) is 0 Å². The summed E-state index contributed by atoms with van der Waals surface area (Å²) in [5.41, 5.74) is 2.38. The van der Waals surface area contributed by atoms with Gasteiger partial charge in [-0.3, -0.25) is 0 Å². The SMILES string of the molecule is COC(Cc1ccccc1)c1cccc(Cl)c1. The van der Waals surface area contributed by atoms with Crippen LogP contribution in [0.25, 0.3) is 0 Å². The summed E-state index contributed by atoms with van der Waals surface area (Å²) in [6.07, 6.45) is 0.911. The monoisotopic (exact) mass is 246 g/mol. The number of methoxy groups -OCH3 is 1. The summed E-state index contributed by atoms with van der Waals surface area (Å²) in [4.78, 5) is 0. The molecule has 0 heterocycles. The minimum absolute atomic E-state index is 0.0519. The van der Waals surface area contributed by atoms with Crippen molar-refractivity contribution in [2.45, 2.75) is 12.5 Å². The predicted octanol–water partition coefficient (Wildman–Crippen LogP) is 4.27. The Kier molecular flexibility index (Phi) is 4.18. The van der Waals surface area contributed by atoms with Gasteiger partial charge >= 0.3 is 0 Å². The molecule has 88 valence electrons. The molecule has 0 spiro atoms. The Hall–Kier alpha value is -1.31. The van der Waals surface area contributed by atoms with Crippen molar-refractivity contribution in [2.75, 3.05) is 7.11 Å². The number of hydrogen-bond donors (Lipinski definition) is 0. The van der Waals surface area contributed by atoms with Crippen LogP contribution in [0.5, 0.6) is 0 Å². The minimum Gasteiger partial charge on any atom is -0.376 e. The van der Waals surface area contributed by atoms with Crippen molar-refractivity contribution in [1.82, 2.24) is 0 Å². The Balaban J connectivity index is 2.17. The maximum absolute atomic E-state index is 5.99. The second kappa shape index (κ2) is 5.85. The van der Waals surface area contributed by atoms with Gasteiger partial charge in [-0.25, -0.2) is 0 Å². The zero-order valence-corrected chi connectivity index (χ0v) is 10.5. The van der Waals surface area contributed by atoms with E-state index in [1.54, 1.807) is 7.11 Å². The van der Waals surface area contributed by atoms with E-state index in [2.05, 4.69) is 12.1 Å². The second-order valence-electron chi connectivity index (χ2n) is 3.97. The molecule has 0 aliphatic rings. The van der Waals surface area contributed by atoms with Crippen LogP contribution >= 0.6 is 11.6 Å². The molecular formula is C15H15ClO. The van der Waals surface area contributed by atoms with Crippen molar-refractivity contribution in [1.29, 1.82) is 0 Å². The number of ether oxygens (including phenoxy) is 1. The molecule has 2 heteroatoms. The van der Waals surface area contributed by atoms with Crippen LogP contribution in [0.3, 0.4) is 0 Å². The largest absolute Gasteiger partial charge is 0.376 e. The fraction of sp³-hybridized carbons (Fsp3) is 0.200. The first-order valence-electron chi connectivity index (χ1n) is 5.62. The zero-order chi connectivity index (χ0) is 12.1. The van der Waals surface area contributed by atoms with E-state index >= 15 is 0 Å². The lowest BCUT2D eigenvalue weighted by molar-refractivity contribution is 0.104. The van der Waals surface area contributed by atoms with Gasteiger partial charge in [0.15, 0.2) is 0 Å². The highest BCUT2D eigenvalue weighted by Crippen LogP contribution is 2.23. The first kappa shape index (κ1) is 12.2. The molecule has 0 fully saturated rings. The van der Waals surface area contributed by atoms with Crippen LogP contribution in [0.15, 0.2) is 54.6 Å². The van der Waals surface area contributed by atoms with Gasteiger partial charge in [0.1, 0.15) is 0 Å². The van der Waals surface area contributed by atoms with E-state index in [-0.39, 0.29) is 6.10 Å². The Bertz CT molecular complexity index is 467. The summed E-state index contributed by atoms with van der Waals surface area (Å²) in [5, 5.41) is 0.748. The van der Waals surface area contributed by atoms with E-state index in [9.17, 15) is 0 Å². The molecule has 0 saturated heterocycles. The third kappa shape index (κ3) is 3.32. The van der Waals surface area contributed by atoms with Crippen LogP contribution in [0.1, 0.15) is 17.2 Å². The van der Waals surface area contributed by atoms with E-state index in [1.807, 2.05) is 42.5 Å². The summed E-state index contributed by atoms with van der Waals surface area (Å²) < 4.78 is 5.54. The molecule has 1 unspecified atom stereocenters. The van der Waals surface area contributed by atoms with Gasteiger partial charge in [0.25, 0.3) is 0 Å².